The number of rotatable bonds is 5. The molecule has 19 heavy (non-hydrogen) atoms. The predicted octanol–water partition coefficient (Wildman–Crippen LogP) is -0.508. The standard InChI is InChI=1S/C13H23N3O3/c1-16(9-11(17)15-10-3-4-10)12(18)13(19-2)5-7-14-8-6-13/h10,14H,3-9H2,1-2H3,(H,15,17). The molecule has 1 aliphatic carbocycles. The lowest BCUT2D eigenvalue weighted by Gasteiger charge is -2.37. The zero-order chi connectivity index (χ0) is 13.9. The molecule has 1 heterocycles. The first-order valence-corrected chi connectivity index (χ1v) is 6.88. The van der Waals surface area contributed by atoms with Gasteiger partial charge in [0.1, 0.15) is 5.60 Å². The lowest BCUT2D eigenvalue weighted by molar-refractivity contribution is -0.158. The van der Waals surface area contributed by atoms with Crippen LogP contribution in [0.5, 0.6) is 0 Å². The molecule has 0 aromatic heterocycles. The molecular weight excluding hydrogens is 246 g/mol. The van der Waals surface area contributed by atoms with E-state index in [1.165, 1.54) is 4.90 Å². The average molecular weight is 269 g/mol. The first kappa shape index (κ1) is 14.3. The summed E-state index contributed by atoms with van der Waals surface area (Å²) >= 11 is 0. The Labute approximate surface area is 113 Å². The molecule has 1 aliphatic heterocycles. The Morgan fingerprint density at radius 2 is 2.00 bits per heavy atom. The van der Waals surface area contributed by atoms with E-state index in [0.717, 1.165) is 25.9 Å². The first-order valence-electron chi connectivity index (χ1n) is 6.88. The largest absolute Gasteiger partial charge is 0.368 e. The molecule has 2 aliphatic rings. The number of hydrogen-bond donors (Lipinski definition) is 2. The Kier molecular flexibility index (Phi) is 4.42. The monoisotopic (exact) mass is 269 g/mol. The summed E-state index contributed by atoms with van der Waals surface area (Å²) in [5.74, 6) is -0.180. The third-order valence-electron chi connectivity index (χ3n) is 3.86. The van der Waals surface area contributed by atoms with E-state index in [1.54, 1.807) is 14.2 Å². The van der Waals surface area contributed by atoms with E-state index in [2.05, 4.69) is 10.6 Å². The zero-order valence-corrected chi connectivity index (χ0v) is 11.7. The van der Waals surface area contributed by atoms with Gasteiger partial charge in [-0.1, -0.05) is 0 Å². The van der Waals surface area contributed by atoms with Gasteiger partial charge in [0.05, 0.1) is 6.54 Å². The molecule has 2 N–H and O–H groups in total. The fourth-order valence-electron chi connectivity index (χ4n) is 2.47. The van der Waals surface area contributed by atoms with Crippen molar-refractivity contribution in [2.45, 2.75) is 37.3 Å². The first-order chi connectivity index (χ1) is 9.07. The van der Waals surface area contributed by atoms with Gasteiger partial charge in [0.15, 0.2) is 0 Å². The summed E-state index contributed by atoms with van der Waals surface area (Å²) in [4.78, 5) is 25.7. The second-order valence-corrected chi connectivity index (χ2v) is 5.45. The minimum Gasteiger partial charge on any atom is -0.368 e. The summed E-state index contributed by atoms with van der Waals surface area (Å²) in [6, 6.07) is 0.325. The smallest absolute Gasteiger partial charge is 0.255 e. The Bertz CT molecular complexity index is 349. The molecule has 108 valence electrons. The number of nitrogens with one attached hydrogen (secondary N) is 2. The number of nitrogens with zero attached hydrogens (tertiary/aromatic N) is 1. The highest BCUT2D eigenvalue weighted by molar-refractivity contribution is 5.89. The molecule has 1 saturated carbocycles. The lowest BCUT2D eigenvalue weighted by Crippen LogP contribution is -2.55. The quantitative estimate of drug-likeness (QED) is 0.705. The van der Waals surface area contributed by atoms with Crippen LogP contribution >= 0.6 is 0 Å². The normalized spacial score (nSPS) is 21.8. The summed E-state index contributed by atoms with van der Waals surface area (Å²) in [5.41, 5.74) is -0.764. The zero-order valence-electron chi connectivity index (χ0n) is 11.7. The van der Waals surface area contributed by atoms with Crippen LogP contribution in [0.1, 0.15) is 25.7 Å². The number of ether oxygens (including phenoxy) is 1. The Morgan fingerprint density at radius 1 is 1.37 bits per heavy atom. The number of carbonyl (C=O) groups is 2. The second kappa shape index (κ2) is 5.88. The molecule has 2 amide bonds. The van der Waals surface area contributed by atoms with Crippen molar-refractivity contribution in [2.24, 2.45) is 0 Å². The fourth-order valence-corrected chi connectivity index (χ4v) is 2.47. The highest BCUT2D eigenvalue weighted by Gasteiger charge is 2.41. The molecule has 1 saturated heterocycles. The van der Waals surface area contributed by atoms with Crippen molar-refractivity contribution in [2.75, 3.05) is 33.8 Å². The summed E-state index contributed by atoms with van der Waals surface area (Å²) in [7, 11) is 3.24. The van der Waals surface area contributed by atoms with Crippen molar-refractivity contribution in [3.63, 3.8) is 0 Å². The van der Waals surface area contributed by atoms with Gasteiger partial charge in [-0.2, -0.15) is 0 Å². The Morgan fingerprint density at radius 3 is 2.53 bits per heavy atom. The van der Waals surface area contributed by atoms with E-state index in [4.69, 9.17) is 4.74 Å². The van der Waals surface area contributed by atoms with E-state index in [-0.39, 0.29) is 18.4 Å². The van der Waals surface area contributed by atoms with Crippen LogP contribution in [0.15, 0.2) is 0 Å². The van der Waals surface area contributed by atoms with Gasteiger partial charge in [0, 0.05) is 20.2 Å². The van der Waals surface area contributed by atoms with Crippen molar-refractivity contribution in [1.29, 1.82) is 0 Å². The van der Waals surface area contributed by atoms with Crippen LogP contribution in [0.4, 0.5) is 0 Å². The number of piperidine rings is 1. The van der Waals surface area contributed by atoms with E-state index in [1.807, 2.05) is 0 Å². The molecule has 6 nitrogen and oxygen atoms in total. The van der Waals surface area contributed by atoms with Crippen LogP contribution in [0.3, 0.4) is 0 Å². The molecule has 2 rings (SSSR count). The van der Waals surface area contributed by atoms with Gasteiger partial charge in [-0.3, -0.25) is 9.59 Å². The second-order valence-electron chi connectivity index (χ2n) is 5.45. The Hall–Kier alpha value is -1.14. The molecule has 6 heteroatoms. The van der Waals surface area contributed by atoms with Gasteiger partial charge in [-0.15, -0.1) is 0 Å². The predicted molar refractivity (Wildman–Crippen MR) is 70.6 cm³/mol. The molecular formula is C13H23N3O3. The Balaban J connectivity index is 1.90. The van der Waals surface area contributed by atoms with Gasteiger partial charge < -0.3 is 20.3 Å². The van der Waals surface area contributed by atoms with Gasteiger partial charge in [0.2, 0.25) is 5.91 Å². The summed E-state index contributed by atoms with van der Waals surface area (Å²) in [6.07, 6.45) is 3.40. The maximum Gasteiger partial charge on any atom is 0.255 e. The highest BCUT2D eigenvalue weighted by Crippen LogP contribution is 2.24. The van der Waals surface area contributed by atoms with E-state index in [9.17, 15) is 9.59 Å². The van der Waals surface area contributed by atoms with Crippen LogP contribution in [0, 0.1) is 0 Å². The van der Waals surface area contributed by atoms with Crippen LogP contribution in [0.2, 0.25) is 0 Å². The van der Waals surface area contributed by atoms with Crippen molar-refractivity contribution < 1.29 is 14.3 Å². The summed E-state index contributed by atoms with van der Waals surface area (Å²) < 4.78 is 5.47. The third-order valence-corrected chi connectivity index (χ3v) is 3.86. The lowest BCUT2D eigenvalue weighted by atomic mass is 9.90. The minimum absolute atomic E-state index is 0.0847. The average Bonchev–Trinajstić information content (AvgIpc) is 3.22. The molecule has 0 unspecified atom stereocenters. The third kappa shape index (κ3) is 3.45. The van der Waals surface area contributed by atoms with E-state index < -0.39 is 5.60 Å². The number of methoxy groups -OCH3 is 1. The van der Waals surface area contributed by atoms with Crippen molar-refractivity contribution in [1.82, 2.24) is 15.5 Å². The topological polar surface area (TPSA) is 70.7 Å². The molecule has 0 aromatic rings. The molecule has 0 spiro atoms. The fraction of sp³-hybridized carbons (Fsp3) is 0.846. The number of likely N-dealkylation sites (N-methyl/N-ethyl adjacent to an activating group) is 1. The van der Waals surface area contributed by atoms with Gasteiger partial charge >= 0.3 is 0 Å². The van der Waals surface area contributed by atoms with Crippen LogP contribution in [-0.4, -0.2) is 62.1 Å². The van der Waals surface area contributed by atoms with Gasteiger partial charge in [-0.05, 0) is 38.8 Å². The SMILES string of the molecule is COC1(C(=O)N(C)CC(=O)NC2CC2)CCNCC1. The van der Waals surface area contributed by atoms with E-state index >= 15 is 0 Å². The van der Waals surface area contributed by atoms with Crippen LogP contribution in [-0.2, 0) is 14.3 Å². The molecule has 0 aromatic carbocycles. The van der Waals surface area contributed by atoms with Crippen molar-refractivity contribution in [3.8, 4) is 0 Å². The molecule has 2 fully saturated rings. The summed E-state index contributed by atoms with van der Waals surface area (Å²) in [5, 5.41) is 6.10. The minimum atomic E-state index is -0.764. The molecule has 0 bridgehead atoms. The van der Waals surface area contributed by atoms with Gasteiger partial charge in [-0.25, -0.2) is 0 Å². The van der Waals surface area contributed by atoms with Crippen molar-refractivity contribution in [3.05, 3.63) is 0 Å². The van der Waals surface area contributed by atoms with Crippen LogP contribution in [0.25, 0.3) is 0 Å². The maximum absolute atomic E-state index is 12.5. The van der Waals surface area contributed by atoms with Crippen LogP contribution < -0.4 is 10.6 Å². The number of hydrogen-bond acceptors (Lipinski definition) is 4. The van der Waals surface area contributed by atoms with Crippen molar-refractivity contribution >= 4 is 11.8 Å². The maximum atomic E-state index is 12.5. The number of amides is 2. The molecule has 0 atom stereocenters. The summed E-state index contributed by atoms with van der Waals surface area (Å²) in [6.45, 7) is 1.64. The van der Waals surface area contributed by atoms with E-state index in [0.29, 0.717) is 18.9 Å². The number of carbonyl (C=O) groups excluding carboxylic acids is 2. The van der Waals surface area contributed by atoms with Gasteiger partial charge in [0.25, 0.3) is 5.91 Å². The molecule has 0 radical (unpaired) electrons. The highest BCUT2D eigenvalue weighted by atomic mass is 16.5.